The Morgan fingerprint density at radius 3 is 2.63 bits per heavy atom. The Labute approximate surface area is 120 Å². The third-order valence-corrected chi connectivity index (χ3v) is 3.27. The molecule has 1 amide bonds. The highest BCUT2D eigenvalue weighted by Crippen LogP contribution is 2.17. The molecule has 0 aliphatic carbocycles. The maximum absolute atomic E-state index is 12.0. The fraction of sp³-hybridized carbons (Fsp3) is 0.615. The van der Waals surface area contributed by atoms with Crippen molar-refractivity contribution in [3.63, 3.8) is 0 Å². The van der Waals surface area contributed by atoms with Crippen LogP contribution >= 0.6 is 12.4 Å². The Morgan fingerprint density at radius 1 is 1.53 bits per heavy atom. The molecule has 0 saturated heterocycles. The fourth-order valence-corrected chi connectivity index (χ4v) is 1.47. The Balaban J connectivity index is 0.00000324. The van der Waals surface area contributed by atoms with Crippen LogP contribution < -0.4 is 11.1 Å². The Bertz CT molecular complexity index is 406. The molecule has 1 atom stereocenters. The lowest BCUT2D eigenvalue weighted by atomic mass is 9.88. The van der Waals surface area contributed by atoms with Crippen molar-refractivity contribution in [3.05, 3.63) is 23.7 Å². The Kier molecular flexibility index (Phi) is 7.11. The van der Waals surface area contributed by atoms with Crippen LogP contribution in [-0.4, -0.2) is 25.1 Å². The molecule has 0 aliphatic heterocycles. The van der Waals surface area contributed by atoms with Crippen molar-refractivity contribution >= 4 is 18.3 Å². The summed E-state index contributed by atoms with van der Waals surface area (Å²) in [7, 11) is 1.58. The molecule has 19 heavy (non-hydrogen) atoms. The summed E-state index contributed by atoms with van der Waals surface area (Å²) < 4.78 is 10.3. The zero-order chi connectivity index (χ0) is 13.8. The van der Waals surface area contributed by atoms with Crippen molar-refractivity contribution in [1.82, 2.24) is 5.32 Å². The first-order valence-corrected chi connectivity index (χ1v) is 6.03. The minimum absolute atomic E-state index is 0. The number of hydrogen-bond donors (Lipinski definition) is 2. The maximum Gasteiger partial charge on any atom is 0.287 e. The van der Waals surface area contributed by atoms with E-state index in [0.717, 1.165) is 0 Å². The first-order valence-electron chi connectivity index (χ1n) is 6.03. The van der Waals surface area contributed by atoms with E-state index < -0.39 is 5.54 Å². The van der Waals surface area contributed by atoms with E-state index in [0.29, 0.717) is 18.9 Å². The number of amides is 1. The number of methoxy groups -OCH3 is 1. The van der Waals surface area contributed by atoms with E-state index in [4.69, 9.17) is 14.9 Å². The predicted molar refractivity (Wildman–Crippen MR) is 76.4 cm³/mol. The van der Waals surface area contributed by atoms with Gasteiger partial charge in [-0.1, -0.05) is 13.8 Å². The second-order valence-corrected chi connectivity index (χ2v) is 4.93. The summed E-state index contributed by atoms with van der Waals surface area (Å²) in [5.41, 5.74) is 5.28. The summed E-state index contributed by atoms with van der Waals surface area (Å²) in [6, 6.07) is 3.37. The van der Waals surface area contributed by atoms with Gasteiger partial charge in [0.25, 0.3) is 5.91 Å². The van der Waals surface area contributed by atoms with E-state index in [1.165, 1.54) is 0 Å². The van der Waals surface area contributed by atoms with E-state index in [2.05, 4.69) is 5.32 Å². The molecule has 1 aromatic rings. The normalized spacial score (nSPS) is 13.8. The molecule has 0 bridgehead atoms. The van der Waals surface area contributed by atoms with Gasteiger partial charge in [-0.25, -0.2) is 0 Å². The van der Waals surface area contributed by atoms with Crippen molar-refractivity contribution in [2.45, 2.75) is 32.9 Å². The van der Waals surface area contributed by atoms with Crippen LogP contribution in [0.4, 0.5) is 0 Å². The summed E-state index contributed by atoms with van der Waals surface area (Å²) in [5, 5.41) is 2.92. The van der Waals surface area contributed by atoms with Crippen LogP contribution in [0.3, 0.4) is 0 Å². The number of nitrogens with one attached hydrogen (secondary N) is 1. The molecule has 0 aromatic carbocycles. The first-order chi connectivity index (χ1) is 8.42. The molecule has 1 unspecified atom stereocenters. The molecule has 5 nitrogen and oxygen atoms in total. The standard InChI is InChI=1S/C13H22N2O3.ClH/c1-9(2)13(3,8-14)15-12(16)11-6-5-10(18-11)7-17-4;/h5-6,9H,7-8,14H2,1-4H3,(H,15,16);1H. The van der Waals surface area contributed by atoms with Crippen molar-refractivity contribution in [2.24, 2.45) is 11.7 Å². The zero-order valence-electron chi connectivity index (χ0n) is 11.9. The van der Waals surface area contributed by atoms with Crippen LogP contribution in [0, 0.1) is 5.92 Å². The van der Waals surface area contributed by atoms with Gasteiger partial charge >= 0.3 is 0 Å². The molecule has 1 heterocycles. The number of carbonyl (C=O) groups excluding carboxylic acids is 1. The Hall–Kier alpha value is -1.04. The van der Waals surface area contributed by atoms with Crippen LogP contribution in [-0.2, 0) is 11.3 Å². The molecule has 0 radical (unpaired) electrons. The van der Waals surface area contributed by atoms with E-state index >= 15 is 0 Å². The van der Waals surface area contributed by atoms with Gasteiger partial charge in [-0.2, -0.15) is 0 Å². The lowest BCUT2D eigenvalue weighted by molar-refractivity contribution is 0.0846. The van der Waals surface area contributed by atoms with Crippen molar-refractivity contribution in [1.29, 1.82) is 0 Å². The molecule has 0 saturated carbocycles. The minimum Gasteiger partial charge on any atom is -0.453 e. The van der Waals surface area contributed by atoms with Gasteiger partial charge in [-0.3, -0.25) is 4.79 Å². The molecule has 0 spiro atoms. The summed E-state index contributed by atoms with van der Waals surface area (Å²) in [6.07, 6.45) is 0. The highest BCUT2D eigenvalue weighted by Gasteiger charge is 2.29. The lowest BCUT2D eigenvalue weighted by Crippen LogP contribution is -2.54. The number of ether oxygens (including phenoxy) is 1. The summed E-state index contributed by atoms with van der Waals surface area (Å²) in [5.74, 6) is 0.892. The zero-order valence-corrected chi connectivity index (χ0v) is 12.7. The van der Waals surface area contributed by atoms with Gasteiger partial charge in [0.05, 0.1) is 5.54 Å². The summed E-state index contributed by atoms with van der Waals surface area (Å²) >= 11 is 0. The van der Waals surface area contributed by atoms with E-state index in [1.807, 2.05) is 20.8 Å². The summed E-state index contributed by atoms with van der Waals surface area (Å²) in [4.78, 5) is 12.0. The van der Waals surface area contributed by atoms with Gasteiger partial charge in [0.2, 0.25) is 0 Å². The average Bonchev–Trinajstić information content (AvgIpc) is 2.77. The molecular formula is C13H23ClN2O3. The van der Waals surface area contributed by atoms with Crippen molar-refractivity contribution < 1.29 is 13.9 Å². The summed E-state index contributed by atoms with van der Waals surface area (Å²) in [6.45, 7) is 6.69. The molecule has 3 N–H and O–H groups in total. The van der Waals surface area contributed by atoms with Crippen LogP contribution in [0.15, 0.2) is 16.5 Å². The van der Waals surface area contributed by atoms with Gasteiger partial charge in [0, 0.05) is 13.7 Å². The van der Waals surface area contributed by atoms with Crippen LogP contribution in [0.5, 0.6) is 0 Å². The van der Waals surface area contributed by atoms with Crippen LogP contribution in [0.2, 0.25) is 0 Å². The number of furan rings is 1. The van der Waals surface area contributed by atoms with E-state index in [-0.39, 0.29) is 30.0 Å². The minimum atomic E-state index is -0.439. The number of nitrogens with two attached hydrogens (primary N) is 1. The lowest BCUT2D eigenvalue weighted by Gasteiger charge is -2.33. The molecule has 1 aromatic heterocycles. The molecule has 1 rings (SSSR count). The van der Waals surface area contributed by atoms with Gasteiger partial charge in [-0.05, 0) is 25.0 Å². The molecule has 0 aliphatic rings. The smallest absolute Gasteiger partial charge is 0.287 e. The van der Waals surface area contributed by atoms with Gasteiger partial charge in [0.15, 0.2) is 5.76 Å². The van der Waals surface area contributed by atoms with Crippen molar-refractivity contribution in [3.8, 4) is 0 Å². The number of carbonyl (C=O) groups is 1. The van der Waals surface area contributed by atoms with E-state index in [9.17, 15) is 4.79 Å². The third-order valence-electron chi connectivity index (χ3n) is 3.27. The number of halogens is 1. The largest absolute Gasteiger partial charge is 0.453 e. The SMILES string of the molecule is COCc1ccc(C(=O)NC(C)(CN)C(C)C)o1.Cl. The third kappa shape index (κ3) is 4.53. The van der Waals surface area contributed by atoms with Crippen molar-refractivity contribution in [2.75, 3.05) is 13.7 Å². The first kappa shape index (κ1) is 18.0. The topological polar surface area (TPSA) is 77.5 Å². The highest BCUT2D eigenvalue weighted by atomic mass is 35.5. The average molecular weight is 291 g/mol. The highest BCUT2D eigenvalue weighted by molar-refractivity contribution is 5.92. The second-order valence-electron chi connectivity index (χ2n) is 4.93. The number of rotatable bonds is 6. The number of hydrogen-bond acceptors (Lipinski definition) is 4. The van der Waals surface area contributed by atoms with Gasteiger partial charge in [0.1, 0.15) is 12.4 Å². The molecule has 6 heteroatoms. The fourth-order valence-electron chi connectivity index (χ4n) is 1.47. The maximum atomic E-state index is 12.0. The molecule has 0 fully saturated rings. The quantitative estimate of drug-likeness (QED) is 0.839. The van der Waals surface area contributed by atoms with E-state index in [1.54, 1.807) is 19.2 Å². The van der Waals surface area contributed by atoms with Gasteiger partial charge < -0.3 is 20.2 Å². The van der Waals surface area contributed by atoms with Gasteiger partial charge in [-0.15, -0.1) is 12.4 Å². The predicted octanol–water partition coefficient (Wildman–Crippen LogP) is 1.95. The van der Waals surface area contributed by atoms with Crippen LogP contribution in [0.1, 0.15) is 37.1 Å². The molecule has 110 valence electrons. The monoisotopic (exact) mass is 290 g/mol. The molecular weight excluding hydrogens is 268 g/mol. The Morgan fingerprint density at radius 2 is 2.16 bits per heavy atom. The second kappa shape index (κ2) is 7.53. The van der Waals surface area contributed by atoms with Crippen LogP contribution in [0.25, 0.3) is 0 Å².